The van der Waals surface area contributed by atoms with Crippen LogP contribution < -0.4 is 9.44 Å². The molecule has 0 aliphatic heterocycles. The first-order valence-electron chi connectivity index (χ1n) is 3.63. The van der Waals surface area contributed by atoms with E-state index in [1.54, 1.807) is 0 Å². The van der Waals surface area contributed by atoms with E-state index >= 15 is 0 Å². The molecule has 0 amide bonds. The van der Waals surface area contributed by atoms with Crippen molar-refractivity contribution in [1.82, 2.24) is 14.5 Å². The van der Waals surface area contributed by atoms with Gasteiger partial charge < -0.3 is 0 Å². The zero-order valence-electron chi connectivity index (χ0n) is 7.64. The van der Waals surface area contributed by atoms with Crippen molar-refractivity contribution in [2.75, 3.05) is 11.8 Å². The number of hydrogen-bond donors (Lipinski definition) is 2. The van der Waals surface area contributed by atoms with E-state index in [4.69, 9.17) is 5.26 Å². The topological polar surface area (TPSA) is 99.8 Å². The summed E-state index contributed by atoms with van der Waals surface area (Å²) in [5, 5.41) is 12.4. The van der Waals surface area contributed by atoms with E-state index in [-0.39, 0.29) is 11.4 Å². The van der Waals surface area contributed by atoms with Crippen molar-refractivity contribution in [3.05, 3.63) is 11.8 Å². The first kappa shape index (κ1) is 10.5. The Morgan fingerprint density at radius 2 is 2.29 bits per heavy atom. The van der Waals surface area contributed by atoms with Gasteiger partial charge in [-0.2, -0.15) is 18.8 Å². The van der Waals surface area contributed by atoms with Crippen LogP contribution in [-0.2, 0) is 17.3 Å². The third kappa shape index (κ3) is 2.01. The van der Waals surface area contributed by atoms with Crippen molar-refractivity contribution in [3.63, 3.8) is 0 Å². The molecule has 14 heavy (non-hydrogen) atoms. The van der Waals surface area contributed by atoms with Crippen LogP contribution in [0.15, 0.2) is 6.20 Å². The summed E-state index contributed by atoms with van der Waals surface area (Å²) in [6.45, 7) is 0. The molecule has 8 heteroatoms. The number of nitrogens with one attached hydrogen (secondary N) is 2. The predicted octanol–water partition coefficient (Wildman–Crippen LogP) is -0.832. The van der Waals surface area contributed by atoms with Crippen LogP contribution in [0.25, 0.3) is 0 Å². The number of hydrogen-bond acceptors (Lipinski definition) is 4. The van der Waals surface area contributed by atoms with Gasteiger partial charge in [0, 0.05) is 14.1 Å². The van der Waals surface area contributed by atoms with E-state index in [0.29, 0.717) is 0 Å². The minimum Gasteiger partial charge on any atom is -0.254 e. The fourth-order valence-corrected chi connectivity index (χ4v) is 1.42. The lowest BCUT2D eigenvalue weighted by molar-refractivity contribution is 0.592. The van der Waals surface area contributed by atoms with Crippen molar-refractivity contribution in [3.8, 4) is 6.07 Å². The standard InChI is InChI=1S/C6H9N5O2S/c1-8-14(12,13)10-6-5(3-7)4-9-11(6)2/h4,8,10H,1-2H3. The van der Waals surface area contributed by atoms with E-state index < -0.39 is 10.2 Å². The van der Waals surface area contributed by atoms with Gasteiger partial charge in [0.05, 0.1) is 6.20 Å². The molecule has 0 aliphatic carbocycles. The monoisotopic (exact) mass is 215 g/mol. The SMILES string of the molecule is CNS(=O)(=O)Nc1c(C#N)cnn1C. The maximum atomic E-state index is 11.1. The predicted molar refractivity (Wildman–Crippen MR) is 49.5 cm³/mol. The molecule has 7 nitrogen and oxygen atoms in total. The van der Waals surface area contributed by atoms with Gasteiger partial charge in [-0.1, -0.05) is 0 Å². The van der Waals surface area contributed by atoms with Crippen LogP contribution in [0.5, 0.6) is 0 Å². The quantitative estimate of drug-likeness (QED) is 0.687. The van der Waals surface area contributed by atoms with Gasteiger partial charge >= 0.3 is 0 Å². The lowest BCUT2D eigenvalue weighted by Gasteiger charge is -2.06. The zero-order valence-corrected chi connectivity index (χ0v) is 8.46. The van der Waals surface area contributed by atoms with Crippen LogP contribution in [0.3, 0.4) is 0 Å². The summed E-state index contributed by atoms with van der Waals surface area (Å²) >= 11 is 0. The molecule has 0 spiro atoms. The third-order valence-electron chi connectivity index (χ3n) is 1.56. The van der Waals surface area contributed by atoms with Gasteiger partial charge in [-0.15, -0.1) is 0 Å². The van der Waals surface area contributed by atoms with E-state index in [1.165, 1.54) is 25.0 Å². The number of anilines is 1. The summed E-state index contributed by atoms with van der Waals surface area (Å²) in [6.07, 6.45) is 1.29. The fraction of sp³-hybridized carbons (Fsp3) is 0.333. The van der Waals surface area contributed by atoms with Gasteiger partial charge in [-0.25, -0.2) is 4.72 Å². The van der Waals surface area contributed by atoms with Crippen LogP contribution in [0.2, 0.25) is 0 Å². The lowest BCUT2D eigenvalue weighted by Crippen LogP contribution is -2.27. The summed E-state index contributed by atoms with van der Waals surface area (Å²) in [6, 6.07) is 1.83. The zero-order chi connectivity index (χ0) is 10.8. The minimum atomic E-state index is -3.61. The molecule has 0 bridgehead atoms. The van der Waals surface area contributed by atoms with Gasteiger partial charge in [0.15, 0.2) is 5.82 Å². The van der Waals surface area contributed by atoms with Gasteiger partial charge in [0.25, 0.3) is 10.2 Å². The van der Waals surface area contributed by atoms with Gasteiger partial charge in [-0.3, -0.25) is 9.40 Å². The van der Waals surface area contributed by atoms with Crippen LogP contribution in [0, 0.1) is 11.3 Å². The Kier molecular flexibility index (Phi) is 2.73. The third-order valence-corrected chi connectivity index (χ3v) is 2.56. The molecule has 0 fully saturated rings. The number of rotatable bonds is 3. The second-order valence-corrected chi connectivity index (χ2v) is 4.07. The highest BCUT2D eigenvalue weighted by Gasteiger charge is 2.13. The normalized spacial score (nSPS) is 10.9. The summed E-state index contributed by atoms with van der Waals surface area (Å²) < 4.78 is 27.7. The average Bonchev–Trinajstić information content (AvgIpc) is 2.48. The molecule has 0 atom stereocenters. The smallest absolute Gasteiger partial charge is 0.254 e. The van der Waals surface area contributed by atoms with Crippen LogP contribution >= 0.6 is 0 Å². The highest BCUT2D eigenvalue weighted by Crippen LogP contribution is 2.13. The summed E-state index contributed by atoms with van der Waals surface area (Å²) in [5.41, 5.74) is 0.173. The van der Waals surface area contributed by atoms with E-state index in [9.17, 15) is 8.42 Å². The molecular formula is C6H9N5O2S. The van der Waals surface area contributed by atoms with Gasteiger partial charge in [0.1, 0.15) is 11.6 Å². The Hall–Kier alpha value is -1.59. The van der Waals surface area contributed by atoms with Crippen LogP contribution in [0.1, 0.15) is 5.56 Å². The second kappa shape index (κ2) is 3.65. The Labute approximate surface area is 81.5 Å². The van der Waals surface area contributed by atoms with Crippen molar-refractivity contribution in [2.45, 2.75) is 0 Å². The summed E-state index contributed by atoms with van der Waals surface area (Å²) in [5.74, 6) is 0.141. The molecule has 1 aromatic heterocycles. The molecule has 0 radical (unpaired) electrons. The molecule has 0 unspecified atom stereocenters. The molecule has 0 saturated carbocycles. The van der Waals surface area contributed by atoms with Crippen molar-refractivity contribution in [1.29, 1.82) is 5.26 Å². The van der Waals surface area contributed by atoms with E-state index in [2.05, 4.69) is 14.5 Å². The summed E-state index contributed by atoms with van der Waals surface area (Å²) in [7, 11) is -0.805. The number of aromatic nitrogens is 2. The first-order chi connectivity index (χ1) is 6.50. The van der Waals surface area contributed by atoms with Crippen molar-refractivity contribution < 1.29 is 8.42 Å². The summed E-state index contributed by atoms with van der Waals surface area (Å²) in [4.78, 5) is 0. The van der Waals surface area contributed by atoms with Gasteiger partial charge in [-0.05, 0) is 0 Å². The molecule has 1 heterocycles. The number of aryl methyl sites for hydroxylation is 1. The lowest BCUT2D eigenvalue weighted by atomic mass is 10.4. The fourth-order valence-electron chi connectivity index (χ4n) is 0.819. The average molecular weight is 215 g/mol. The van der Waals surface area contributed by atoms with Crippen molar-refractivity contribution >= 4 is 16.0 Å². The van der Waals surface area contributed by atoms with Crippen LogP contribution in [0.4, 0.5) is 5.82 Å². The van der Waals surface area contributed by atoms with Crippen LogP contribution in [-0.4, -0.2) is 25.2 Å². The molecule has 76 valence electrons. The Morgan fingerprint density at radius 1 is 1.64 bits per heavy atom. The van der Waals surface area contributed by atoms with E-state index in [0.717, 1.165) is 0 Å². The molecule has 1 aromatic rings. The highest BCUT2D eigenvalue weighted by molar-refractivity contribution is 7.90. The van der Waals surface area contributed by atoms with Crippen molar-refractivity contribution in [2.24, 2.45) is 7.05 Å². The molecule has 0 aliphatic rings. The highest BCUT2D eigenvalue weighted by atomic mass is 32.2. The molecular weight excluding hydrogens is 206 g/mol. The first-order valence-corrected chi connectivity index (χ1v) is 5.12. The molecule has 0 aromatic carbocycles. The molecule has 1 rings (SSSR count). The maximum absolute atomic E-state index is 11.1. The van der Waals surface area contributed by atoms with Gasteiger partial charge in [0.2, 0.25) is 0 Å². The maximum Gasteiger partial charge on any atom is 0.300 e. The Morgan fingerprint density at radius 3 is 2.79 bits per heavy atom. The number of nitrogens with zero attached hydrogens (tertiary/aromatic N) is 3. The molecule has 2 N–H and O–H groups in total. The number of nitriles is 1. The second-order valence-electron chi connectivity index (χ2n) is 2.45. The Balaban J connectivity index is 3.09. The largest absolute Gasteiger partial charge is 0.300 e. The van der Waals surface area contributed by atoms with E-state index in [1.807, 2.05) is 6.07 Å². The molecule has 0 saturated heterocycles. The minimum absolute atomic E-state index is 0.141. The Bertz CT molecular complexity index is 469.